The van der Waals surface area contributed by atoms with Crippen molar-refractivity contribution < 1.29 is 4.79 Å². The van der Waals surface area contributed by atoms with Crippen LogP contribution in [-0.4, -0.2) is 39.2 Å². The van der Waals surface area contributed by atoms with Crippen LogP contribution >= 0.6 is 11.8 Å². The van der Waals surface area contributed by atoms with E-state index in [1.165, 1.54) is 37.8 Å². The number of aromatic nitrogens is 2. The summed E-state index contributed by atoms with van der Waals surface area (Å²) >= 11 is 1.65. The lowest BCUT2D eigenvalue weighted by Crippen LogP contribution is -2.40. The maximum Gasteiger partial charge on any atom is 0.233 e. The van der Waals surface area contributed by atoms with Gasteiger partial charge < -0.3 is 9.47 Å². The van der Waals surface area contributed by atoms with Crippen LogP contribution in [0.3, 0.4) is 0 Å². The number of carbonyl (C=O) groups excluding carboxylic acids is 1. The average molecular weight is 390 g/mol. The summed E-state index contributed by atoms with van der Waals surface area (Å²) in [6, 6.07) is 0.495. The standard InChI is InChI=1S/C22H35N3OS/c1-14-6-5-9-24(12-14)21(26)13-27-22-23-15(2)16(3)25(22)17(4)20-11-18-7-8-19(20)10-18/h14,17-20H,5-13H2,1-4H3/t14-,17+,18-,19-,20-/m0/s1. The summed E-state index contributed by atoms with van der Waals surface area (Å²) in [5, 5.41) is 1.05. The molecule has 0 aromatic carbocycles. The van der Waals surface area contributed by atoms with Crippen LogP contribution in [-0.2, 0) is 4.79 Å². The minimum absolute atomic E-state index is 0.281. The number of thioether (sulfide) groups is 1. The Hall–Kier alpha value is -0.970. The van der Waals surface area contributed by atoms with Crippen LogP contribution in [0.1, 0.15) is 69.8 Å². The van der Waals surface area contributed by atoms with Crippen LogP contribution in [0.2, 0.25) is 0 Å². The van der Waals surface area contributed by atoms with Gasteiger partial charge in [0.1, 0.15) is 0 Å². The van der Waals surface area contributed by atoms with Crippen molar-refractivity contribution in [3.8, 4) is 0 Å². The highest BCUT2D eigenvalue weighted by atomic mass is 32.2. The number of aryl methyl sites for hydroxylation is 1. The molecule has 1 aromatic heterocycles. The number of hydrogen-bond donors (Lipinski definition) is 0. The van der Waals surface area contributed by atoms with Crippen LogP contribution in [0.25, 0.3) is 0 Å². The fourth-order valence-corrected chi connectivity index (χ4v) is 6.97. The van der Waals surface area contributed by atoms with Crippen molar-refractivity contribution in [2.45, 2.75) is 77.4 Å². The summed E-state index contributed by atoms with van der Waals surface area (Å²) in [5.74, 6) is 4.09. The first kappa shape index (κ1) is 19.4. The zero-order chi connectivity index (χ0) is 19.1. The molecule has 3 fully saturated rings. The Kier molecular flexibility index (Phi) is 5.59. The van der Waals surface area contributed by atoms with Crippen molar-refractivity contribution in [2.75, 3.05) is 18.8 Å². The van der Waals surface area contributed by atoms with Crippen LogP contribution in [0, 0.1) is 37.5 Å². The molecule has 5 heteroatoms. The van der Waals surface area contributed by atoms with Gasteiger partial charge >= 0.3 is 0 Å². The molecule has 0 N–H and O–H groups in total. The lowest BCUT2D eigenvalue weighted by Gasteiger charge is -2.31. The van der Waals surface area contributed by atoms with E-state index in [1.807, 2.05) is 0 Å². The van der Waals surface area contributed by atoms with Gasteiger partial charge in [0.25, 0.3) is 0 Å². The van der Waals surface area contributed by atoms with E-state index in [1.54, 1.807) is 11.8 Å². The molecule has 1 aromatic rings. The monoisotopic (exact) mass is 389 g/mol. The van der Waals surface area contributed by atoms with Gasteiger partial charge in [0.15, 0.2) is 5.16 Å². The number of piperidine rings is 1. The molecular weight excluding hydrogens is 354 g/mol. The van der Waals surface area contributed by atoms with E-state index in [-0.39, 0.29) is 5.91 Å². The number of likely N-dealkylation sites (tertiary alicyclic amines) is 1. The molecule has 3 aliphatic rings. The first-order valence-corrected chi connectivity index (χ1v) is 11.9. The van der Waals surface area contributed by atoms with E-state index in [4.69, 9.17) is 4.98 Å². The zero-order valence-corrected chi connectivity index (χ0v) is 18.2. The molecule has 1 aliphatic heterocycles. The molecule has 0 spiro atoms. The molecule has 2 aliphatic carbocycles. The molecule has 1 saturated heterocycles. The Bertz CT molecular complexity index is 700. The maximum absolute atomic E-state index is 12.7. The summed E-state index contributed by atoms with van der Waals surface area (Å²) in [7, 11) is 0. The molecule has 2 bridgehead atoms. The molecule has 150 valence electrons. The van der Waals surface area contributed by atoms with Gasteiger partial charge in [-0.25, -0.2) is 4.98 Å². The Morgan fingerprint density at radius 3 is 2.74 bits per heavy atom. The van der Waals surface area contributed by atoms with Gasteiger partial charge in [0.2, 0.25) is 5.91 Å². The summed E-state index contributed by atoms with van der Waals surface area (Å²) < 4.78 is 2.46. The number of nitrogens with zero attached hydrogens (tertiary/aromatic N) is 3. The molecule has 27 heavy (non-hydrogen) atoms. The Morgan fingerprint density at radius 2 is 2.07 bits per heavy atom. The lowest BCUT2D eigenvalue weighted by molar-refractivity contribution is -0.130. The van der Waals surface area contributed by atoms with Crippen molar-refractivity contribution >= 4 is 17.7 Å². The molecule has 0 radical (unpaired) electrons. The van der Waals surface area contributed by atoms with Crippen LogP contribution in [0.15, 0.2) is 5.16 Å². The van der Waals surface area contributed by atoms with Gasteiger partial charge in [-0.3, -0.25) is 4.79 Å². The second-order valence-corrected chi connectivity index (χ2v) is 10.3. The first-order valence-electron chi connectivity index (χ1n) is 10.9. The predicted octanol–water partition coefficient (Wildman–Crippen LogP) is 4.85. The Balaban J connectivity index is 1.45. The number of fused-ring (bicyclic) bond motifs is 2. The van der Waals surface area contributed by atoms with Gasteiger partial charge in [-0.05, 0) is 76.5 Å². The quantitative estimate of drug-likeness (QED) is 0.676. The van der Waals surface area contributed by atoms with Crippen LogP contribution in [0.5, 0.6) is 0 Å². The number of imidazole rings is 1. The number of rotatable bonds is 5. The molecule has 5 atom stereocenters. The second-order valence-electron chi connectivity index (χ2n) is 9.39. The SMILES string of the molecule is Cc1nc(SCC(=O)N2CCC[C@H](C)C2)n([C@H](C)[C@@H]2C[C@H]3CC[C@H]2C3)c1C. The largest absolute Gasteiger partial charge is 0.342 e. The van der Waals surface area contributed by atoms with Gasteiger partial charge in [0, 0.05) is 24.8 Å². The summed E-state index contributed by atoms with van der Waals surface area (Å²) in [4.78, 5) is 19.6. The van der Waals surface area contributed by atoms with E-state index in [0.717, 1.165) is 48.1 Å². The van der Waals surface area contributed by atoms with E-state index in [0.29, 0.717) is 17.7 Å². The van der Waals surface area contributed by atoms with Gasteiger partial charge in [-0.1, -0.05) is 25.1 Å². The molecule has 4 rings (SSSR count). The summed E-state index contributed by atoms with van der Waals surface area (Å²) in [6.07, 6.45) is 8.08. The van der Waals surface area contributed by atoms with Crippen molar-refractivity contribution in [1.82, 2.24) is 14.5 Å². The smallest absolute Gasteiger partial charge is 0.233 e. The van der Waals surface area contributed by atoms with Crippen molar-refractivity contribution in [2.24, 2.45) is 23.7 Å². The third-order valence-electron chi connectivity index (χ3n) is 7.51. The fraction of sp³-hybridized carbons (Fsp3) is 0.818. The van der Waals surface area contributed by atoms with Crippen molar-refractivity contribution in [1.29, 1.82) is 0 Å². The first-order chi connectivity index (χ1) is 12.9. The lowest BCUT2D eigenvalue weighted by atomic mass is 9.84. The van der Waals surface area contributed by atoms with Crippen molar-refractivity contribution in [3.05, 3.63) is 11.4 Å². The highest BCUT2D eigenvalue weighted by Gasteiger charge is 2.43. The van der Waals surface area contributed by atoms with Gasteiger partial charge in [-0.2, -0.15) is 0 Å². The molecule has 1 amide bonds. The topological polar surface area (TPSA) is 38.1 Å². The predicted molar refractivity (Wildman–Crippen MR) is 111 cm³/mol. The van der Waals surface area contributed by atoms with Gasteiger partial charge in [0.05, 0.1) is 11.4 Å². The van der Waals surface area contributed by atoms with E-state index < -0.39 is 0 Å². The maximum atomic E-state index is 12.7. The highest BCUT2D eigenvalue weighted by molar-refractivity contribution is 7.99. The van der Waals surface area contributed by atoms with Crippen LogP contribution in [0.4, 0.5) is 0 Å². The summed E-state index contributed by atoms with van der Waals surface area (Å²) in [5.41, 5.74) is 2.40. The Labute approximate surface area is 168 Å². The van der Waals surface area contributed by atoms with E-state index in [2.05, 4.69) is 37.2 Å². The molecule has 4 nitrogen and oxygen atoms in total. The van der Waals surface area contributed by atoms with E-state index >= 15 is 0 Å². The minimum Gasteiger partial charge on any atom is -0.342 e. The summed E-state index contributed by atoms with van der Waals surface area (Å²) in [6.45, 7) is 10.8. The second kappa shape index (κ2) is 7.81. The van der Waals surface area contributed by atoms with Crippen molar-refractivity contribution in [3.63, 3.8) is 0 Å². The Morgan fingerprint density at radius 1 is 1.26 bits per heavy atom. The molecule has 2 heterocycles. The molecule has 0 unspecified atom stereocenters. The minimum atomic E-state index is 0.281. The molecular formula is C22H35N3OS. The number of carbonyl (C=O) groups is 1. The van der Waals surface area contributed by atoms with Gasteiger partial charge in [-0.15, -0.1) is 0 Å². The van der Waals surface area contributed by atoms with E-state index in [9.17, 15) is 4.79 Å². The zero-order valence-electron chi connectivity index (χ0n) is 17.4. The number of amides is 1. The average Bonchev–Trinajstić information content (AvgIpc) is 3.35. The third-order valence-corrected chi connectivity index (χ3v) is 8.45. The normalized spacial score (nSPS) is 31.5. The number of hydrogen-bond acceptors (Lipinski definition) is 3. The third kappa shape index (κ3) is 3.81. The highest BCUT2D eigenvalue weighted by Crippen LogP contribution is 2.52. The fourth-order valence-electron chi connectivity index (χ4n) is 5.89. The van der Waals surface area contributed by atoms with Crippen LogP contribution < -0.4 is 0 Å². The molecule has 2 saturated carbocycles.